The molecule has 1 saturated heterocycles. The van der Waals surface area contributed by atoms with E-state index in [1.807, 2.05) is 30.6 Å². The van der Waals surface area contributed by atoms with Crippen LogP contribution in [0.2, 0.25) is 0 Å². The molecule has 1 aromatic carbocycles. The van der Waals surface area contributed by atoms with E-state index in [1.165, 1.54) is 27.7 Å². The van der Waals surface area contributed by atoms with Crippen LogP contribution in [0.25, 0.3) is 10.9 Å². The predicted molar refractivity (Wildman–Crippen MR) is 102 cm³/mol. The standard InChI is InChI=1S/C21H27N3O2/c1-13-6-5-7-15-16-12-23(9-8-17(16)22-19(13)15)20(26)14-10-18(25)24(11-14)21(2,3)4/h5-7,14,22H,8-12H2,1-4H3. The molecule has 2 amide bonds. The second kappa shape index (κ2) is 5.86. The van der Waals surface area contributed by atoms with Crippen molar-refractivity contribution in [2.75, 3.05) is 13.1 Å². The summed E-state index contributed by atoms with van der Waals surface area (Å²) in [5.41, 5.74) is 4.67. The molecule has 2 aromatic rings. The van der Waals surface area contributed by atoms with Crippen molar-refractivity contribution in [1.82, 2.24) is 14.8 Å². The smallest absolute Gasteiger partial charge is 0.228 e. The first-order valence-electron chi connectivity index (χ1n) is 9.44. The molecule has 5 heteroatoms. The molecule has 138 valence electrons. The summed E-state index contributed by atoms with van der Waals surface area (Å²) in [6.45, 7) is 10.1. The van der Waals surface area contributed by atoms with E-state index in [9.17, 15) is 9.59 Å². The van der Waals surface area contributed by atoms with Gasteiger partial charge in [0.15, 0.2) is 0 Å². The number of nitrogens with zero attached hydrogens (tertiary/aromatic N) is 2. The molecule has 4 rings (SSSR count). The van der Waals surface area contributed by atoms with E-state index in [4.69, 9.17) is 0 Å². The molecule has 0 bridgehead atoms. The zero-order valence-electron chi connectivity index (χ0n) is 16.1. The van der Waals surface area contributed by atoms with Crippen LogP contribution in [0, 0.1) is 12.8 Å². The predicted octanol–water partition coefficient (Wildman–Crippen LogP) is 3.01. The lowest BCUT2D eigenvalue weighted by atomic mass is 10.0. The average molecular weight is 353 g/mol. The Hall–Kier alpha value is -2.30. The van der Waals surface area contributed by atoms with Crippen molar-refractivity contribution < 1.29 is 9.59 Å². The number of H-pyrrole nitrogens is 1. The minimum atomic E-state index is -0.227. The fraction of sp³-hybridized carbons (Fsp3) is 0.524. The number of carbonyl (C=O) groups excluding carboxylic acids is 2. The van der Waals surface area contributed by atoms with Crippen LogP contribution in [0.15, 0.2) is 18.2 Å². The summed E-state index contributed by atoms with van der Waals surface area (Å²) in [6, 6.07) is 6.31. The number of fused-ring (bicyclic) bond motifs is 3. The monoisotopic (exact) mass is 353 g/mol. The van der Waals surface area contributed by atoms with Gasteiger partial charge in [-0.1, -0.05) is 18.2 Å². The molecule has 2 aliphatic heterocycles. The van der Waals surface area contributed by atoms with Gasteiger partial charge in [0, 0.05) is 60.2 Å². The van der Waals surface area contributed by atoms with Gasteiger partial charge in [0.05, 0.1) is 5.92 Å². The van der Waals surface area contributed by atoms with Crippen molar-refractivity contribution in [1.29, 1.82) is 0 Å². The minimum absolute atomic E-state index is 0.0938. The Morgan fingerprint density at radius 3 is 2.73 bits per heavy atom. The first-order chi connectivity index (χ1) is 12.3. The molecule has 26 heavy (non-hydrogen) atoms. The third-order valence-electron chi connectivity index (χ3n) is 5.81. The maximum absolute atomic E-state index is 13.1. The van der Waals surface area contributed by atoms with Crippen LogP contribution in [-0.2, 0) is 22.6 Å². The first kappa shape index (κ1) is 17.1. The highest BCUT2D eigenvalue weighted by Gasteiger charge is 2.41. The quantitative estimate of drug-likeness (QED) is 0.857. The number of hydrogen-bond donors (Lipinski definition) is 1. The van der Waals surface area contributed by atoms with E-state index in [-0.39, 0.29) is 23.3 Å². The summed E-state index contributed by atoms with van der Waals surface area (Å²) >= 11 is 0. The van der Waals surface area contributed by atoms with Crippen molar-refractivity contribution in [2.45, 2.75) is 52.6 Å². The fourth-order valence-electron chi connectivity index (χ4n) is 4.35. The van der Waals surface area contributed by atoms with Gasteiger partial charge in [-0.3, -0.25) is 9.59 Å². The minimum Gasteiger partial charge on any atom is -0.358 e. The zero-order chi connectivity index (χ0) is 18.6. The largest absolute Gasteiger partial charge is 0.358 e. The molecule has 1 fully saturated rings. The topological polar surface area (TPSA) is 56.4 Å². The Morgan fingerprint density at radius 1 is 1.27 bits per heavy atom. The summed E-state index contributed by atoms with van der Waals surface area (Å²) < 4.78 is 0. The summed E-state index contributed by atoms with van der Waals surface area (Å²) in [5, 5.41) is 1.22. The van der Waals surface area contributed by atoms with E-state index in [0.717, 1.165) is 13.0 Å². The number of carbonyl (C=O) groups is 2. The van der Waals surface area contributed by atoms with Gasteiger partial charge < -0.3 is 14.8 Å². The summed E-state index contributed by atoms with van der Waals surface area (Å²) in [4.78, 5) is 32.8. The van der Waals surface area contributed by atoms with Gasteiger partial charge in [0.25, 0.3) is 0 Å². The molecular formula is C21H27N3O2. The van der Waals surface area contributed by atoms with Crippen LogP contribution in [0.1, 0.15) is 44.0 Å². The van der Waals surface area contributed by atoms with Crippen LogP contribution >= 0.6 is 0 Å². The lowest BCUT2D eigenvalue weighted by molar-refractivity contribution is -0.136. The number of rotatable bonds is 1. The second-order valence-corrected chi connectivity index (χ2v) is 8.67. The molecule has 1 atom stereocenters. The maximum Gasteiger partial charge on any atom is 0.228 e. The van der Waals surface area contributed by atoms with Gasteiger partial charge in [-0.15, -0.1) is 0 Å². The van der Waals surface area contributed by atoms with Crippen LogP contribution < -0.4 is 0 Å². The number of benzene rings is 1. The molecule has 1 aromatic heterocycles. The molecule has 5 nitrogen and oxygen atoms in total. The maximum atomic E-state index is 13.1. The number of aromatic amines is 1. The molecular weight excluding hydrogens is 326 g/mol. The number of aryl methyl sites for hydroxylation is 1. The van der Waals surface area contributed by atoms with Crippen molar-refractivity contribution in [3.8, 4) is 0 Å². The third kappa shape index (κ3) is 2.70. The molecule has 0 spiro atoms. The summed E-state index contributed by atoms with van der Waals surface area (Å²) in [6.07, 6.45) is 1.19. The zero-order valence-corrected chi connectivity index (χ0v) is 16.1. The van der Waals surface area contributed by atoms with E-state index in [1.54, 1.807) is 0 Å². The van der Waals surface area contributed by atoms with Gasteiger partial charge >= 0.3 is 0 Å². The van der Waals surface area contributed by atoms with Gasteiger partial charge in [-0.05, 0) is 33.3 Å². The molecule has 2 aliphatic rings. The summed E-state index contributed by atoms with van der Waals surface area (Å²) in [7, 11) is 0. The fourth-order valence-corrected chi connectivity index (χ4v) is 4.35. The Bertz CT molecular complexity index is 891. The van der Waals surface area contributed by atoms with Crippen LogP contribution in [0.5, 0.6) is 0 Å². The highest BCUT2D eigenvalue weighted by atomic mass is 16.2. The van der Waals surface area contributed by atoms with Gasteiger partial charge in [0.1, 0.15) is 0 Å². The van der Waals surface area contributed by atoms with E-state index >= 15 is 0 Å². The Morgan fingerprint density at radius 2 is 2.04 bits per heavy atom. The summed E-state index contributed by atoms with van der Waals surface area (Å²) in [5.74, 6) is 0.00392. The van der Waals surface area contributed by atoms with Crippen LogP contribution in [-0.4, -0.2) is 45.2 Å². The molecule has 3 heterocycles. The van der Waals surface area contributed by atoms with Gasteiger partial charge in [-0.25, -0.2) is 0 Å². The molecule has 0 saturated carbocycles. The van der Waals surface area contributed by atoms with E-state index < -0.39 is 0 Å². The van der Waals surface area contributed by atoms with Crippen molar-refractivity contribution in [2.24, 2.45) is 5.92 Å². The van der Waals surface area contributed by atoms with E-state index in [0.29, 0.717) is 19.5 Å². The lowest BCUT2D eigenvalue weighted by Gasteiger charge is -2.33. The molecule has 0 aliphatic carbocycles. The Labute approximate surface area is 154 Å². The average Bonchev–Trinajstić information content (AvgIpc) is 3.15. The molecule has 1 unspecified atom stereocenters. The van der Waals surface area contributed by atoms with Crippen molar-refractivity contribution in [3.63, 3.8) is 0 Å². The number of hydrogen-bond acceptors (Lipinski definition) is 2. The number of aromatic nitrogens is 1. The van der Waals surface area contributed by atoms with Crippen molar-refractivity contribution in [3.05, 3.63) is 35.0 Å². The number of nitrogens with one attached hydrogen (secondary N) is 1. The van der Waals surface area contributed by atoms with Crippen LogP contribution in [0.4, 0.5) is 0 Å². The highest BCUT2D eigenvalue weighted by Crippen LogP contribution is 2.32. The Balaban J connectivity index is 1.56. The van der Waals surface area contributed by atoms with E-state index in [2.05, 4.69) is 30.1 Å². The lowest BCUT2D eigenvalue weighted by Crippen LogP contribution is -2.44. The van der Waals surface area contributed by atoms with Gasteiger partial charge in [-0.2, -0.15) is 0 Å². The van der Waals surface area contributed by atoms with Crippen molar-refractivity contribution >= 4 is 22.7 Å². The second-order valence-electron chi connectivity index (χ2n) is 8.67. The molecule has 1 N–H and O–H groups in total. The van der Waals surface area contributed by atoms with Crippen LogP contribution in [0.3, 0.4) is 0 Å². The number of likely N-dealkylation sites (tertiary alicyclic amines) is 1. The SMILES string of the molecule is Cc1cccc2c3c([nH]c12)CCN(C(=O)C1CC(=O)N(C(C)(C)C)C1)C3. The first-order valence-corrected chi connectivity index (χ1v) is 9.44. The number of para-hydroxylation sites is 1. The highest BCUT2D eigenvalue weighted by molar-refractivity contribution is 5.91. The Kier molecular flexibility index (Phi) is 3.86. The molecule has 0 radical (unpaired) electrons. The normalized spacial score (nSPS) is 20.8. The third-order valence-corrected chi connectivity index (χ3v) is 5.81. The number of amides is 2. The van der Waals surface area contributed by atoms with Gasteiger partial charge in [0.2, 0.25) is 11.8 Å².